The van der Waals surface area contributed by atoms with Gasteiger partial charge in [-0.1, -0.05) is 23.9 Å². The van der Waals surface area contributed by atoms with Gasteiger partial charge in [-0.05, 0) is 44.7 Å². The zero-order valence-corrected chi connectivity index (χ0v) is 16.7. The number of hydrogen-bond donors (Lipinski definition) is 0. The summed E-state index contributed by atoms with van der Waals surface area (Å²) in [7, 11) is 0. The molecule has 0 N–H and O–H groups in total. The van der Waals surface area contributed by atoms with Crippen LogP contribution in [0.1, 0.15) is 26.3 Å². The maximum atomic E-state index is 13.0. The van der Waals surface area contributed by atoms with E-state index >= 15 is 0 Å². The molecule has 0 spiro atoms. The molecule has 0 unspecified atom stereocenters. The molecule has 140 valence electrons. The molecule has 0 saturated carbocycles. The molecule has 0 radical (unpaired) electrons. The lowest BCUT2D eigenvalue weighted by Gasteiger charge is -2.20. The molecule has 1 heterocycles. The summed E-state index contributed by atoms with van der Waals surface area (Å²) in [6.07, 6.45) is 3.40. The maximum Gasteiger partial charge on any atom is 0.326 e. The summed E-state index contributed by atoms with van der Waals surface area (Å²) in [5.74, 6) is -0.207. The van der Waals surface area contributed by atoms with Crippen LogP contribution in [0, 0.1) is 5.82 Å². The molecule has 0 saturated heterocycles. The Kier molecular flexibility index (Phi) is 6.88. The van der Waals surface area contributed by atoms with Crippen LogP contribution in [0.3, 0.4) is 0 Å². The molecule has 0 bridgehead atoms. The van der Waals surface area contributed by atoms with E-state index < -0.39 is 11.6 Å². The minimum atomic E-state index is -0.590. The van der Waals surface area contributed by atoms with E-state index in [1.807, 2.05) is 0 Å². The van der Waals surface area contributed by atoms with E-state index in [0.29, 0.717) is 15.8 Å². The molecule has 0 aliphatic heterocycles. The molecule has 0 aliphatic carbocycles. The number of hydrogen-bond acceptors (Lipinski definition) is 6. The van der Waals surface area contributed by atoms with Gasteiger partial charge in [0.1, 0.15) is 18.0 Å². The number of rotatable bonds is 6. The van der Waals surface area contributed by atoms with Crippen LogP contribution >= 0.6 is 23.5 Å². The SMILES string of the molecule is CSc1cn(CC(=O)OC(C)(C)C)c(SCc2ccc(F)cc2)nc1=O. The van der Waals surface area contributed by atoms with Gasteiger partial charge in [0.05, 0.1) is 4.90 Å². The fourth-order valence-corrected chi connectivity index (χ4v) is 3.44. The smallest absolute Gasteiger partial charge is 0.326 e. The van der Waals surface area contributed by atoms with Crippen molar-refractivity contribution in [2.45, 2.75) is 48.7 Å². The molecule has 8 heteroatoms. The fourth-order valence-electron chi connectivity index (χ4n) is 2.07. The summed E-state index contributed by atoms with van der Waals surface area (Å²) < 4.78 is 20.0. The van der Waals surface area contributed by atoms with Crippen LogP contribution in [0.2, 0.25) is 0 Å². The Bertz CT molecular complexity index is 830. The van der Waals surface area contributed by atoms with Gasteiger partial charge in [-0.2, -0.15) is 4.98 Å². The lowest BCUT2D eigenvalue weighted by Crippen LogP contribution is -2.28. The zero-order valence-electron chi connectivity index (χ0n) is 15.1. The van der Waals surface area contributed by atoms with Crippen molar-refractivity contribution in [3.05, 3.63) is 52.2 Å². The summed E-state index contributed by atoms with van der Waals surface area (Å²) >= 11 is 2.59. The van der Waals surface area contributed by atoms with E-state index in [-0.39, 0.29) is 17.9 Å². The predicted octanol–water partition coefficient (Wildman–Crippen LogP) is 3.74. The van der Waals surface area contributed by atoms with Crippen molar-refractivity contribution in [1.29, 1.82) is 0 Å². The number of halogens is 1. The fraction of sp³-hybridized carbons (Fsp3) is 0.389. The molecule has 1 aromatic heterocycles. The molecule has 0 amide bonds. The molecular weight excluding hydrogens is 375 g/mol. The highest BCUT2D eigenvalue weighted by molar-refractivity contribution is 7.98. The summed E-state index contributed by atoms with van der Waals surface area (Å²) in [5, 5.41) is 0.419. The Balaban J connectivity index is 2.22. The summed E-state index contributed by atoms with van der Waals surface area (Å²) in [6, 6.07) is 6.12. The van der Waals surface area contributed by atoms with Crippen molar-refractivity contribution >= 4 is 29.5 Å². The number of carbonyl (C=O) groups is 1. The first-order chi connectivity index (χ1) is 12.2. The molecule has 0 atom stereocenters. The molecule has 0 fully saturated rings. The van der Waals surface area contributed by atoms with Gasteiger partial charge in [-0.15, -0.1) is 11.8 Å². The summed E-state index contributed by atoms with van der Waals surface area (Å²) in [4.78, 5) is 28.8. The van der Waals surface area contributed by atoms with Crippen LogP contribution in [-0.2, 0) is 21.8 Å². The molecule has 26 heavy (non-hydrogen) atoms. The minimum absolute atomic E-state index is 0.0378. The first-order valence-electron chi connectivity index (χ1n) is 7.92. The number of thioether (sulfide) groups is 2. The van der Waals surface area contributed by atoms with Gasteiger partial charge < -0.3 is 9.30 Å². The third kappa shape index (κ3) is 6.17. The second-order valence-corrected chi connectivity index (χ2v) is 8.32. The average Bonchev–Trinajstić information content (AvgIpc) is 2.54. The third-order valence-corrected chi connectivity index (χ3v) is 4.93. The summed E-state index contributed by atoms with van der Waals surface area (Å²) in [6.45, 7) is 5.36. The Morgan fingerprint density at radius 1 is 1.27 bits per heavy atom. The van der Waals surface area contributed by atoms with E-state index in [1.54, 1.807) is 49.9 Å². The standard InChI is InChI=1S/C18H21FN2O3S2/c1-18(2,3)24-15(22)10-21-9-14(25-4)16(23)20-17(21)26-11-12-5-7-13(19)8-6-12/h5-9H,10-11H2,1-4H3. The summed E-state index contributed by atoms with van der Waals surface area (Å²) in [5.41, 5.74) is -0.0317. The van der Waals surface area contributed by atoms with Gasteiger partial charge in [0.2, 0.25) is 0 Å². The van der Waals surface area contributed by atoms with E-state index in [2.05, 4.69) is 4.98 Å². The van der Waals surface area contributed by atoms with Gasteiger partial charge in [-0.25, -0.2) is 4.39 Å². The monoisotopic (exact) mass is 396 g/mol. The molecule has 2 aromatic rings. The van der Waals surface area contributed by atoms with Crippen molar-refractivity contribution < 1.29 is 13.9 Å². The lowest BCUT2D eigenvalue weighted by atomic mass is 10.2. The Morgan fingerprint density at radius 3 is 2.50 bits per heavy atom. The second kappa shape index (κ2) is 8.73. The van der Waals surface area contributed by atoms with Crippen molar-refractivity contribution in [3.63, 3.8) is 0 Å². The Hall–Kier alpha value is -1.80. The largest absolute Gasteiger partial charge is 0.459 e. The lowest BCUT2D eigenvalue weighted by molar-refractivity contribution is -0.155. The maximum absolute atomic E-state index is 13.0. The average molecular weight is 397 g/mol. The number of esters is 1. The van der Waals surface area contributed by atoms with Crippen molar-refractivity contribution in [2.75, 3.05) is 6.26 Å². The van der Waals surface area contributed by atoms with Gasteiger partial charge in [0.25, 0.3) is 5.56 Å². The molecule has 2 rings (SSSR count). The van der Waals surface area contributed by atoms with E-state index in [1.165, 1.54) is 35.7 Å². The van der Waals surface area contributed by atoms with E-state index in [9.17, 15) is 14.0 Å². The second-order valence-electron chi connectivity index (χ2n) is 6.53. The number of benzene rings is 1. The number of nitrogens with zero attached hydrogens (tertiary/aromatic N) is 2. The third-order valence-electron chi connectivity index (χ3n) is 3.15. The highest BCUT2D eigenvalue weighted by atomic mass is 32.2. The highest BCUT2D eigenvalue weighted by Gasteiger charge is 2.18. The van der Waals surface area contributed by atoms with Crippen molar-refractivity contribution in [1.82, 2.24) is 9.55 Å². The van der Waals surface area contributed by atoms with Gasteiger partial charge in [0, 0.05) is 11.9 Å². The molecule has 5 nitrogen and oxygen atoms in total. The normalized spacial score (nSPS) is 11.4. The quantitative estimate of drug-likeness (QED) is 0.421. The predicted molar refractivity (Wildman–Crippen MR) is 102 cm³/mol. The van der Waals surface area contributed by atoms with Gasteiger partial charge in [-0.3, -0.25) is 9.59 Å². The Morgan fingerprint density at radius 2 is 1.92 bits per heavy atom. The van der Waals surface area contributed by atoms with Crippen LogP contribution < -0.4 is 5.56 Å². The molecular formula is C18H21FN2O3S2. The topological polar surface area (TPSA) is 61.2 Å². The van der Waals surface area contributed by atoms with Crippen molar-refractivity contribution in [3.8, 4) is 0 Å². The van der Waals surface area contributed by atoms with Gasteiger partial charge in [0.15, 0.2) is 5.16 Å². The van der Waals surface area contributed by atoms with E-state index in [0.717, 1.165) is 5.56 Å². The number of aromatic nitrogens is 2. The highest BCUT2D eigenvalue weighted by Crippen LogP contribution is 2.22. The molecule has 1 aromatic carbocycles. The minimum Gasteiger partial charge on any atom is -0.459 e. The molecule has 0 aliphatic rings. The Labute approximate surface area is 160 Å². The van der Waals surface area contributed by atoms with Crippen LogP contribution in [0.25, 0.3) is 0 Å². The van der Waals surface area contributed by atoms with Crippen LogP contribution in [-0.4, -0.2) is 27.4 Å². The zero-order chi connectivity index (χ0) is 19.3. The number of carbonyl (C=O) groups excluding carboxylic acids is 1. The number of ether oxygens (including phenoxy) is 1. The van der Waals surface area contributed by atoms with Crippen LogP contribution in [0.15, 0.2) is 45.3 Å². The van der Waals surface area contributed by atoms with Crippen molar-refractivity contribution in [2.24, 2.45) is 0 Å². The van der Waals surface area contributed by atoms with Crippen LogP contribution in [0.4, 0.5) is 4.39 Å². The van der Waals surface area contributed by atoms with Crippen LogP contribution in [0.5, 0.6) is 0 Å². The van der Waals surface area contributed by atoms with Gasteiger partial charge >= 0.3 is 5.97 Å². The van der Waals surface area contributed by atoms with E-state index in [4.69, 9.17) is 4.74 Å². The first-order valence-corrected chi connectivity index (χ1v) is 10.1. The first kappa shape index (κ1) is 20.5.